The van der Waals surface area contributed by atoms with Crippen LogP contribution in [0.3, 0.4) is 0 Å². The molecular formula is C8H18N2O6S. The Kier molecular flexibility index (Phi) is 7.23. The van der Waals surface area contributed by atoms with Gasteiger partial charge in [0, 0.05) is 25.7 Å². The SMILES string of the molecule is N[C@@H](CS(=O)(=O)NCCC(CO)CO)C(=O)O. The van der Waals surface area contributed by atoms with Crippen LogP contribution in [0.15, 0.2) is 0 Å². The third-order valence-corrected chi connectivity index (χ3v) is 3.55. The molecule has 0 saturated heterocycles. The van der Waals surface area contributed by atoms with Crippen LogP contribution < -0.4 is 10.5 Å². The number of carbonyl (C=O) groups is 1. The maximum absolute atomic E-state index is 11.3. The topological polar surface area (TPSA) is 150 Å². The van der Waals surface area contributed by atoms with Crippen LogP contribution in [0.25, 0.3) is 0 Å². The molecule has 0 heterocycles. The maximum atomic E-state index is 11.3. The number of hydrogen-bond donors (Lipinski definition) is 5. The zero-order chi connectivity index (χ0) is 13.5. The van der Waals surface area contributed by atoms with Gasteiger partial charge in [-0.2, -0.15) is 0 Å². The first-order chi connectivity index (χ1) is 7.82. The highest BCUT2D eigenvalue weighted by Gasteiger charge is 2.21. The van der Waals surface area contributed by atoms with Gasteiger partial charge in [-0.1, -0.05) is 0 Å². The Balaban J connectivity index is 4.06. The van der Waals surface area contributed by atoms with Crippen LogP contribution in [-0.2, 0) is 14.8 Å². The van der Waals surface area contributed by atoms with E-state index in [2.05, 4.69) is 4.72 Å². The van der Waals surface area contributed by atoms with Crippen molar-refractivity contribution >= 4 is 16.0 Å². The van der Waals surface area contributed by atoms with E-state index in [0.717, 1.165) is 0 Å². The lowest BCUT2D eigenvalue weighted by Gasteiger charge is -2.12. The molecule has 9 heteroatoms. The summed E-state index contributed by atoms with van der Waals surface area (Å²) in [7, 11) is -3.76. The van der Waals surface area contributed by atoms with Crippen molar-refractivity contribution in [1.82, 2.24) is 4.72 Å². The number of nitrogens with two attached hydrogens (primary N) is 1. The van der Waals surface area contributed by atoms with E-state index in [4.69, 9.17) is 21.1 Å². The molecule has 102 valence electrons. The van der Waals surface area contributed by atoms with Crippen LogP contribution in [0.5, 0.6) is 0 Å². The minimum Gasteiger partial charge on any atom is -0.480 e. The lowest BCUT2D eigenvalue weighted by Crippen LogP contribution is -2.42. The summed E-state index contributed by atoms with van der Waals surface area (Å²) < 4.78 is 24.8. The fourth-order valence-electron chi connectivity index (χ4n) is 1.03. The second-order valence-corrected chi connectivity index (χ2v) is 5.49. The van der Waals surface area contributed by atoms with Crippen molar-refractivity contribution in [2.45, 2.75) is 12.5 Å². The molecule has 0 bridgehead atoms. The lowest BCUT2D eigenvalue weighted by molar-refractivity contribution is -0.137. The average molecular weight is 270 g/mol. The molecule has 0 aromatic rings. The van der Waals surface area contributed by atoms with Gasteiger partial charge in [-0.25, -0.2) is 13.1 Å². The first kappa shape index (κ1) is 16.3. The number of nitrogens with one attached hydrogen (secondary N) is 1. The van der Waals surface area contributed by atoms with E-state index in [1.807, 2.05) is 0 Å². The second-order valence-electron chi connectivity index (χ2n) is 3.64. The number of carboxylic acids is 1. The van der Waals surface area contributed by atoms with Crippen LogP contribution in [0, 0.1) is 5.92 Å². The molecule has 6 N–H and O–H groups in total. The van der Waals surface area contributed by atoms with Gasteiger partial charge in [0.25, 0.3) is 0 Å². The number of aliphatic hydroxyl groups is 2. The molecule has 0 unspecified atom stereocenters. The minimum absolute atomic E-state index is 0.0143. The third-order valence-electron chi connectivity index (χ3n) is 2.11. The van der Waals surface area contributed by atoms with Crippen LogP contribution in [0.2, 0.25) is 0 Å². The highest BCUT2D eigenvalue weighted by Crippen LogP contribution is 1.99. The Hall–Kier alpha value is -0.740. The van der Waals surface area contributed by atoms with E-state index in [9.17, 15) is 13.2 Å². The van der Waals surface area contributed by atoms with Crippen molar-refractivity contribution in [2.24, 2.45) is 11.7 Å². The number of sulfonamides is 1. The lowest BCUT2D eigenvalue weighted by atomic mass is 10.1. The van der Waals surface area contributed by atoms with Gasteiger partial charge in [-0.15, -0.1) is 0 Å². The Morgan fingerprint density at radius 2 is 1.82 bits per heavy atom. The van der Waals surface area contributed by atoms with E-state index in [1.54, 1.807) is 0 Å². The Bertz CT molecular complexity index is 327. The summed E-state index contributed by atoms with van der Waals surface area (Å²) in [6, 6.07) is -1.47. The van der Waals surface area contributed by atoms with E-state index in [-0.39, 0.29) is 26.2 Å². The fourth-order valence-corrected chi connectivity index (χ4v) is 2.19. The Labute approximate surface area is 99.5 Å². The molecule has 1 atom stereocenters. The number of hydrogen-bond acceptors (Lipinski definition) is 6. The smallest absolute Gasteiger partial charge is 0.321 e. The van der Waals surface area contributed by atoms with Crippen molar-refractivity contribution in [3.8, 4) is 0 Å². The Morgan fingerprint density at radius 1 is 1.29 bits per heavy atom. The monoisotopic (exact) mass is 270 g/mol. The third kappa shape index (κ3) is 7.23. The number of aliphatic hydroxyl groups excluding tert-OH is 2. The van der Waals surface area contributed by atoms with E-state index < -0.39 is 33.7 Å². The van der Waals surface area contributed by atoms with Crippen LogP contribution in [0.1, 0.15) is 6.42 Å². The zero-order valence-electron chi connectivity index (χ0n) is 9.24. The fraction of sp³-hybridized carbons (Fsp3) is 0.875. The highest BCUT2D eigenvalue weighted by molar-refractivity contribution is 7.89. The summed E-state index contributed by atoms with van der Waals surface area (Å²) in [5, 5.41) is 25.9. The molecule has 0 fully saturated rings. The largest absolute Gasteiger partial charge is 0.480 e. The van der Waals surface area contributed by atoms with Crippen molar-refractivity contribution < 1.29 is 28.5 Å². The van der Waals surface area contributed by atoms with Gasteiger partial charge in [0.2, 0.25) is 10.0 Å². The van der Waals surface area contributed by atoms with Crippen LogP contribution in [-0.4, -0.2) is 61.3 Å². The van der Waals surface area contributed by atoms with Gasteiger partial charge in [0.1, 0.15) is 6.04 Å². The summed E-state index contributed by atoms with van der Waals surface area (Å²) >= 11 is 0. The standard InChI is InChI=1S/C8H18N2O6S/c9-7(8(13)14)5-17(15,16)10-2-1-6(3-11)4-12/h6-7,10-12H,1-5,9H2,(H,13,14)/t7-/m0/s1. The predicted octanol–water partition coefficient (Wildman–Crippen LogP) is -2.69. The molecule has 0 aromatic heterocycles. The molecule has 0 aliphatic heterocycles. The first-order valence-electron chi connectivity index (χ1n) is 4.99. The van der Waals surface area contributed by atoms with Crippen molar-refractivity contribution in [1.29, 1.82) is 0 Å². The Morgan fingerprint density at radius 3 is 2.24 bits per heavy atom. The number of aliphatic carboxylic acids is 1. The van der Waals surface area contributed by atoms with Gasteiger partial charge in [0.15, 0.2) is 0 Å². The molecule has 17 heavy (non-hydrogen) atoms. The molecule has 0 radical (unpaired) electrons. The highest BCUT2D eigenvalue weighted by atomic mass is 32.2. The van der Waals surface area contributed by atoms with E-state index >= 15 is 0 Å². The second kappa shape index (κ2) is 7.56. The minimum atomic E-state index is -3.76. The molecule has 0 amide bonds. The van der Waals surface area contributed by atoms with Crippen molar-refractivity contribution in [2.75, 3.05) is 25.5 Å². The van der Waals surface area contributed by atoms with Crippen LogP contribution in [0.4, 0.5) is 0 Å². The quantitative estimate of drug-likeness (QED) is 0.306. The molecule has 0 spiro atoms. The molecule has 8 nitrogen and oxygen atoms in total. The van der Waals surface area contributed by atoms with E-state index in [1.165, 1.54) is 0 Å². The summed E-state index contributed by atoms with van der Waals surface area (Å²) in [4.78, 5) is 10.4. The summed E-state index contributed by atoms with van der Waals surface area (Å²) in [5.41, 5.74) is 5.09. The summed E-state index contributed by atoms with van der Waals surface area (Å²) in [6.45, 7) is -0.472. The molecule has 0 aliphatic carbocycles. The molecule has 0 aliphatic rings. The van der Waals surface area contributed by atoms with Crippen LogP contribution >= 0.6 is 0 Å². The van der Waals surface area contributed by atoms with Gasteiger partial charge < -0.3 is 21.1 Å². The zero-order valence-corrected chi connectivity index (χ0v) is 10.1. The molecule has 0 aromatic carbocycles. The average Bonchev–Trinajstić information content (AvgIpc) is 2.23. The van der Waals surface area contributed by atoms with E-state index in [0.29, 0.717) is 0 Å². The normalized spacial score (nSPS) is 13.9. The summed E-state index contributed by atoms with van der Waals surface area (Å²) in [5.74, 6) is -2.49. The van der Waals surface area contributed by atoms with Gasteiger partial charge in [0.05, 0.1) is 5.75 Å². The predicted molar refractivity (Wildman–Crippen MR) is 59.7 cm³/mol. The van der Waals surface area contributed by atoms with Gasteiger partial charge in [-0.3, -0.25) is 4.79 Å². The first-order valence-corrected chi connectivity index (χ1v) is 6.65. The van der Waals surface area contributed by atoms with Gasteiger partial charge >= 0.3 is 5.97 Å². The summed E-state index contributed by atoms with van der Waals surface area (Å²) in [6.07, 6.45) is 0.258. The van der Waals surface area contributed by atoms with Crippen molar-refractivity contribution in [3.05, 3.63) is 0 Å². The molecule has 0 rings (SSSR count). The van der Waals surface area contributed by atoms with Gasteiger partial charge in [-0.05, 0) is 6.42 Å². The molecular weight excluding hydrogens is 252 g/mol. The maximum Gasteiger partial charge on any atom is 0.321 e. The number of carboxylic acid groups (broad SMARTS) is 1. The number of rotatable bonds is 9. The van der Waals surface area contributed by atoms with Crippen molar-refractivity contribution in [3.63, 3.8) is 0 Å². The molecule has 0 saturated carbocycles.